The van der Waals surface area contributed by atoms with Gasteiger partial charge in [0.15, 0.2) is 0 Å². The summed E-state index contributed by atoms with van der Waals surface area (Å²) in [5.74, 6) is 0.846. The molecule has 3 aromatic rings. The van der Waals surface area contributed by atoms with Crippen molar-refractivity contribution in [3.63, 3.8) is 0 Å². The molecular weight excluding hydrogens is 300 g/mol. The van der Waals surface area contributed by atoms with Gasteiger partial charge in [0, 0.05) is 31.4 Å². The van der Waals surface area contributed by atoms with Crippen molar-refractivity contribution in [3.8, 4) is 0 Å². The van der Waals surface area contributed by atoms with Crippen molar-refractivity contribution >= 4 is 5.91 Å². The number of imidazole rings is 1. The summed E-state index contributed by atoms with van der Waals surface area (Å²) in [5.41, 5.74) is 2.84. The predicted molar refractivity (Wildman–Crippen MR) is 91.7 cm³/mol. The number of amides is 1. The first-order valence-corrected chi connectivity index (χ1v) is 8.32. The van der Waals surface area contributed by atoms with Crippen LogP contribution in [0.1, 0.15) is 40.5 Å². The lowest BCUT2D eigenvalue weighted by molar-refractivity contribution is 0.0658. The maximum atomic E-state index is 13.1. The van der Waals surface area contributed by atoms with E-state index in [1.807, 2.05) is 36.1 Å². The smallest absolute Gasteiger partial charge is 0.272 e. The Bertz CT molecular complexity index is 849. The average Bonchev–Trinajstić information content (AvgIpc) is 3.30. The Morgan fingerprint density at radius 2 is 2.04 bits per heavy atom. The van der Waals surface area contributed by atoms with Gasteiger partial charge in [-0.3, -0.25) is 4.79 Å². The number of carbonyl (C=O) groups excluding carboxylic acids is 1. The molecule has 4 rings (SSSR count). The van der Waals surface area contributed by atoms with Crippen molar-refractivity contribution in [3.05, 3.63) is 77.6 Å². The van der Waals surface area contributed by atoms with Crippen LogP contribution in [0.2, 0.25) is 0 Å². The summed E-state index contributed by atoms with van der Waals surface area (Å²) in [6.07, 6.45) is 4.52. The molecule has 0 saturated heterocycles. The molecular formula is C19H20N4O. The van der Waals surface area contributed by atoms with E-state index in [4.69, 9.17) is 0 Å². The molecule has 0 radical (unpaired) electrons. The summed E-state index contributed by atoms with van der Waals surface area (Å²) in [6, 6.07) is 14.3. The SMILES string of the molecule is CCc1ncc(C(=O)N2CCn3cccc3C2c2ccccc2)[nH]1. The third-order valence-electron chi connectivity index (χ3n) is 4.61. The lowest BCUT2D eigenvalue weighted by atomic mass is 9.99. The minimum Gasteiger partial charge on any atom is -0.348 e. The van der Waals surface area contributed by atoms with Crippen LogP contribution in [0.4, 0.5) is 0 Å². The molecule has 1 atom stereocenters. The summed E-state index contributed by atoms with van der Waals surface area (Å²) in [4.78, 5) is 22.4. The van der Waals surface area contributed by atoms with Crippen molar-refractivity contribution in [2.75, 3.05) is 6.54 Å². The summed E-state index contributed by atoms with van der Waals surface area (Å²) < 4.78 is 2.23. The van der Waals surface area contributed by atoms with Crippen LogP contribution in [-0.4, -0.2) is 31.9 Å². The second-order valence-corrected chi connectivity index (χ2v) is 6.04. The van der Waals surface area contributed by atoms with Crippen LogP contribution in [0.5, 0.6) is 0 Å². The van der Waals surface area contributed by atoms with Crippen molar-refractivity contribution in [2.45, 2.75) is 25.9 Å². The third kappa shape index (κ3) is 2.42. The number of rotatable bonds is 3. The largest absolute Gasteiger partial charge is 0.348 e. The van der Waals surface area contributed by atoms with E-state index in [9.17, 15) is 4.79 Å². The zero-order valence-corrected chi connectivity index (χ0v) is 13.6. The number of aryl methyl sites for hydroxylation is 1. The van der Waals surface area contributed by atoms with E-state index in [-0.39, 0.29) is 11.9 Å². The van der Waals surface area contributed by atoms with Crippen molar-refractivity contribution in [1.82, 2.24) is 19.4 Å². The first-order chi connectivity index (χ1) is 11.8. The van der Waals surface area contributed by atoms with Crippen LogP contribution in [-0.2, 0) is 13.0 Å². The fraction of sp³-hybridized carbons (Fsp3) is 0.263. The van der Waals surface area contributed by atoms with Gasteiger partial charge in [0.2, 0.25) is 0 Å². The summed E-state index contributed by atoms with van der Waals surface area (Å²) in [7, 11) is 0. The van der Waals surface area contributed by atoms with Crippen LogP contribution in [0.25, 0.3) is 0 Å². The molecule has 1 unspecified atom stereocenters. The fourth-order valence-corrected chi connectivity index (χ4v) is 3.39. The normalized spacial score (nSPS) is 16.9. The first kappa shape index (κ1) is 14.8. The van der Waals surface area contributed by atoms with Gasteiger partial charge in [-0.15, -0.1) is 0 Å². The molecule has 0 bridgehead atoms. The lowest BCUT2D eigenvalue weighted by Gasteiger charge is -2.37. The molecule has 1 amide bonds. The second-order valence-electron chi connectivity index (χ2n) is 6.04. The average molecular weight is 320 g/mol. The van der Waals surface area contributed by atoms with E-state index in [0.717, 1.165) is 30.0 Å². The Morgan fingerprint density at radius 1 is 1.21 bits per heavy atom. The van der Waals surface area contributed by atoms with Crippen LogP contribution in [0, 0.1) is 0 Å². The Balaban J connectivity index is 1.75. The number of hydrogen-bond donors (Lipinski definition) is 1. The van der Waals surface area contributed by atoms with E-state index >= 15 is 0 Å². The molecule has 0 aliphatic carbocycles. The van der Waals surface area contributed by atoms with E-state index < -0.39 is 0 Å². The highest BCUT2D eigenvalue weighted by molar-refractivity contribution is 5.92. The summed E-state index contributed by atoms with van der Waals surface area (Å²) >= 11 is 0. The van der Waals surface area contributed by atoms with Gasteiger partial charge < -0.3 is 14.5 Å². The molecule has 0 saturated carbocycles. The molecule has 122 valence electrons. The molecule has 0 fully saturated rings. The molecule has 5 heteroatoms. The maximum absolute atomic E-state index is 13.1. The number of H-pyrrole nitrogens is 1. The van der Waals surface area contributed by atoms with Crippen LogP contribution in [0.3, 0.4) is 0 Å². The third-order valence-corrected chi connectivity index (χ3v) is 4.61. The Labute approximate surface area is 140 Å². The van der Waals surface area contributed by atoms with Gasteiger partial charge in [0.25, 0.3) is 5.91 Å². The maximum Gasteiger partial charge on any atom is 0.272 e. The Morgan fingerprint density at radius 3 is 2.79 bits per heavy atom. The molecule has 5 nitrogen and oxygen atoms in total. The van der Waals surface area contributed by atoms with Crippen molar-refractivity contribution < 1.29 is 4.79 Å². The van der Waals surface area contributed by atoms with Crippen molar-refractivity contribution in [2.24, 2.45) is 0 Å². The minimum absolute atomic E-state index is 0.00324. The summed E-state index contributed by atoms with van der Waals surface area (Å²) in [5, 5.41) is 0. The van der Waals surface area contributed by atoms with Gasteiger partial charge in [-0.1, -0.05) is 37.3 Å². The van der Waals surface area contributed by atoms with Crippen molar-refractivity contribution in [1.29, 1.82) is 0 Å². The predicted octanol–water partition coefficient (Wildman–Crippen LogP) is 3.02. The van der Waals surface area contributed by atoms with E-state index in [0.29, 0.717) is 12.2 Å². The minimum atomic E-state index is -0.0733. The van der Waals surface area contributed by atoms with Crippen LogP contribution >= 0.6 is 0 Å². The number of carbonyl (C=O) groups is 1. The highest BCUT2D eigenvalue weighted by atomic mass is 16.2. The monoisotopic (exact) mass is 320 g/mol. The standard InChI is InChI=1S/C19H20N4O/c1-2-17-20-13-15(21-17)19(24)23-12-11-22-10-6-9-16(22)18(23)14-7-4-3-5-8-14/h3-10,13,18H,2,11-12H2,1H3,(H,20,21). The number of hydrogen-bond acceptors (Lipinski definition) is 2. The fourth-order valence-electron chi connectivity index (χ4n) is 3.39. The number of nitrogens with zero attached hydrogens (tertiary/aromatic N) is 3. The molecule has 24 heavy (non-hydrogen) atoms. The molecule has 1 N–H and O–H groups in total. The topological polar surface area (TPSA) is 53.9 Å². The van der Waals surface area contributed by atoms with E-state index in [1.54, 1.807) is 6.20 Å². The highest BCUT2D eigenvalue weighted by Gasteiger charge is 2.33. The molecule has 0 spiro atoms. The number of aromatic amines is 1. The molecule has 3 heterocycles. The van der Waals surface area contributed by atoms with Crippen LogP contribution < -0.4 is 0 Å². The number of fused-ring (bicyclic) bond motifs is 1. The summed E-state index contributed by atoms with van der Waals surface area (Å²) in [6.45, 7) is 3.51. The molecule has 1 aliphatic rings. The highest BCUT2D eigenvalue weighted by Crippen LogP contribution is 2.33. The van der Waals surface area contributed by atoms with Gasteiger partial charge in [-0.25, -0.2) is 4.98 Å². The number of aromatic nitrogens is 3. The Hall–Kier alpha value is -2.82. The van der Waals surface area contributed by atoms with Gasteiger partial charge in [-0.2, -0.15) is 0 Å². The van der Waals surface area contributed by atoms with Gasteiger partial charge in [0.1, 0.15) is 11.5 Å². The quantitative estimate of drug-likeness (QED) is 0.806. The Kier molecular flexibility index (Phi) is 3.69. The zero-order chi connectivity index (χ0) is 16.5. The van der Waals surface area contributed by atoms with Gasteiger partial charge >= 0.3 is 0 Å². The van der Waals surface area contributed by atoms with E-state index in [1.165, 1.54) is 0 Å². The second kappa shape index (κ2) is 6.00. The van der Waals surface area contributed by atoms with Gasteiger partial charge in [-0.05, 0) is 17.7 Å². The number of benzene rings is 1. The lowest BCUT2D eigenvalue weighted by Crippen LogP contribution is -2.42. The van der Waals surface area contributed by atoms with Gasteiger partial charge in [0.05, 0.1) is 12.2 Å². The molecule has 2 aromatic heterocycles. The number of nitrogens with one attached hydrogen (secondary N) is 1. The van der Waals surface area contributed by atoms with Crippen LogP contribution in [0.15, 0.2) is 54.9 Å². The zero-order valence-electron chi connectivity index (χ0n) is 13.6. The first-order valence-electron chi connectivity index (χ1n) is 8.32. The van der Waals surface area contributed by atoms with E-state index in [2.05, 4.69) is 38.9 Å². The molecule has 1 aromatic carbocycles. The molecule has 1 aliphatic heterocycles.